The van der Waals surface area contributed by atoms with Crippen LogP contribution < -0.4 is 24.3 Å². The van der Waals surface area contributed by atoms with Gasteiger partial charge in [-0.15, -0.1) is 0 Å². The molecule has 1 aromatic heterocycles. The van der Waals surface area contributed by atoms with E-state index in [0.29, 0.717) is 54.9 Å². The fourth-order valence-electron chi connectivity index (χ4n) is 4.14. The summed E-state index contributed by atoms with van der Waals surface area (Å²) in [4.78, 5) is 25.4. The lowest BCUT2D eigenvalue weighted by Crippen LogP contribution is -2.37. The molecule has 2 aliphatic rings. The Kier molecular flexibility index (Phi) is 5.97. The smallest absolute Gasteiger partial charge is 0.236 e. The molecule has 34 heavy (non-hydrogen) atoms. The van der Waals surface area contributed by atoms with Gasteiger partial charge in [0.1, 0.15) is 12.1 Å². The number of rotatable bonds is 1. The zero-order chi connectivity index (χ0) is 23.7. The van der Waals surface area contributed by atoms with Gasteiger partial charge in [-0.2, -0.15) is 0 Å². The Balaban J connectivity index is 1.63. The summed E-state index contributed by atoms with van der Waals surface area (Å²) >= 11 is 0. The van der Waals surface area contributed by atoms with Crippen molar-refractivity contribution in [2.75, 3.05) is 53.0 Å². The molecule has 3 aromatic rings. The SMILES string of the molecule is COc1cc2ncnc3c2cc1OCCCN(C)C(=O)CN(C)Cc1ccc2c(c1N3)OCO2. The molecule has 2 aromatic carbocycles. The molecule has 0 saturated heterocycles. The van der Waals surface area contributed by atoms with E-state index in [4.69, 9.17) is 18.9 Å². The third-order valence-corrected chi connectivity index (χ3v) is 5.96. The second-order valence-electron chi connectivity index (χ2n) is 8.39. The molecule has 0 aliphatic carbocycles. The van der Waals surface area contributed by atoms with Gasteiger partial charge in [0.05, 0.1) is 31.5 Å². The molecule has 1 N–H and O–H groups in total. The van der Waals surface area contributed by atoms with Crippen LogP contribution in [0, 0.1) is 0 Å². The van der Waals surface area contributed by atoms with E-state index >= 15 is 0 Å². The van der Waals surface area contributed by atoms with Crippen molar-refractivity contribution in [3.05, 3.63) is 36.2 Å². The van der Waals surface area contributed by atoms with Crippen molar-refractivity contribution in [2.24, 2.45) is 0 Å². The largest absolute Gasteiger partial charge is 0.493 e. The van der Waals surface area contributed by atoms with Crippen LogP contribution >= 0.6 is 0 Å². The third kappa shape index (κ3) is 4.24. The summed E-state index contributed by atoms with van der Waals surface area (Å²) in [5.41, 5.74) is 2.41. The number of nitrogens with zero attached hydrogens (tertiary/aromatic N) is 4. The van der Waals surface area contributed by atoms with Gasteiger partial charge in [-0.1, -0.05) is 6.07 Å². The van der Waals surface area contributed by atoms with Gasteiger partial charge >= 0.3 is 0 Å². The van der Waals surface area contributed by atoms with Gasteiger partial charge in [0, 0.05) is 31.6 Å². The summed E-state index contributed by atoms with van der Waals surface area (Å²) in [7, 11) is 5.33. The summed E-state index contributed by atoms with van der Waals surface area (Å²) in [5, 5.41) is 4.23. The standard InChI is InChI=1S/C24H27N5O5/c1-28-11-15-5-6-18-23(34-14-33-18)22(15)27-24-16-9-20(19(31-3)10-17(16)25-13-26-24)32-8-4-7-29(2)21(30)12-28/h5-6,9-10,13H,4,7-8,11-12,14H2,1-3H3,(H,25,26,27). The molecule has 10 heteroatoms. The molecule has 2 bridgehead atoms. The quantitative estimate of drug-likeness (QED) is 0.582. The minimum absolute atomic E-state index is 0.0435. The Morgan fingerprint density at radius 1 is 1.06 bits per heavy atom. The minimum atomic E-state index is 0.0435. The maximum Gasteiger partial charge on any atom is 0.236 e. The van der Waals surface area contributed by atoms with Crippen LogP contribution in [0.2, 0.25) is 0 Å². The lowest BCUT2D eigenvalue weighted by molar-refractivity contribution is -0.131. The molecule has 1 amide bonds. The zero-order valence-corrected chi connectivity index (χ0v) is 19.5. The van der Waals surface area contributed by atoms with Crippen molar-refractivity contribution >= 4 is 28.3 Å². The normalized spacial score (nSPS) is 16.8. The van der Waals surface area contributed by atoms with Gasteiger partial charge in [0.25, 0.3) is 0 Å². The van der Waals surface area contributed by atoms with E-state index in [2.05, 4.69) is 15.3 Å². The highest BCUT2D eigenvalue weighted by molar-refractivity contribution is 5.94. The zero-order valence-electron chi connectivity index (χ0n) is 19.5. The summed E-state index contributed by atoms with van der Waals surface area (Å²) in [5.74, 6) is 3.10. The molecule has 0 spiro atoms. The van der Waals surface area contributed by atoms with Gasteiger partial charge in [-0.05, 0) is 31.2 Å². The number of hydrogen-bond donors (Lipinski definition) is 1. The number of aromatic nitrogens is 2. The van der Waals surface area contributed by atoms with Crippen molar-refractivity contribution < 1.29 is 23.7 Å². The molecule has 178 valence electrons. The number of carbonyl (C=O) groups is 1. The van der Waals surface area contributed by atoms with Gasteiger partial charge in [-0.3, -0.25) is 9.69 Å². The highest BCUT2D eigenvalue weighted by Crippen LogP contribution is 2.44. The van der Waals surface area contributed by atoms with E-state index in [1.807, 2.05) is 43.3 Å². The fourth-order valence-corrected chi connectivity index (χ4v) is 4.14. The van der Waals surface area contributed by atoms with Crippen molar-refractivity contribution in [1.82, 2.24) is 19.8 Å². The van der Waals surface area contributed by atoms with Gasteiger partial charge < -0.3 is 29.2 Å². The summed E-state index contributed by atoms with van der Waals surface area (Å²) < 4.78 is 23.0. The number of ether oxygens (including phenoxy) is 4. The number of nitrogens with one attached hydrogen (secondary N) is 1. The van der Waals surface area contributed by atoms with Crippen LogP contribution in [-0.2, 0) is 11.3 Å². The van der Waals surface area contributed by atoms with Gasteiger partial charge in [0.15, 0.2) is 23.0 Å². The molecule has 0 fully saturated rings. The topological polar surface area (TPSA) is 98.3 Å². The van der Waals surface area contributed by atoms with E-state index in [-0.39, 0.29) is 19.2 Å². The number of hydrogen-bond acceptors (Lipinski definition) is 9. The number of anilines is 2. The monoisotopic (exact) mass is 465 g/mol. The maximum absolute atomic E-state index is 12.7. The van der Waals surface area contributed by atoms with Crippen LogP contribution in [0.4, 0.5) is 11.5 Å². The predicted molar refractivity (Wildman–Crippen MR) is 126 cm³/mol. The third-order valence-electron chi connectivity index (χ3n) is 5.96. The van der Waals surface area contributed by atoms with E-state index in [9.17, 15) is 4.79 Å². The van der Waals surface area contributed by atoms with Gasteiger partial charge in [-0.25, -0.2) is 9.97 Å². The van der Waals surface area contributed by atoms with Crippen molar-refractivity contribution in [3.8, 4) is 23.0 Å². The van der Waals surface area contributed by atoms with Crippen molar-refractivity contribution in [1.29, 1.82) is 0 Å². The molecule has 10 nitrogen and oxygen atoms in total. The van der Waals surface area contributed by atoms with E-state index in [1.54, 1.807) is 12.0 Å². The molecular weight excluding hydrogens is 438 g/mol. The molecule has 0 radical (unpaired) electrons. The number of benzene rings is 2. The first kappa shape index (κ1) is 22.0. The first-order valence-corrected chi connectivity index (χ1v) is 11.1. The highest BCUT2D eigenvalue weighted by Gasteiger charge is 2.24. The maximum atomic E-state index is 12.7. The van der Waals surface area contributed by atoms with E-state index in [0.717, 1.165) is 22.2 Å². The highest BCUT2D eigenvalue weighted by atomic mass is 16.7. The average molecular weight is 466 g/mol. The number of methoxy groups -OCH3 is 1. The molecule has 5 rings (SSSR count). The van der Waals surface area contributed by atoms with E-state index in [1.165, 1.54) is 6.33 Å². The minimum Gasteiger partial charge on any atom is -0.493 e. The Bertz CT molecular complexity index is 1230. The Morgan fingerprint density at radius 2 is 1.94 bits per heavy atom. The van der Waals surface area contributed by atoms with E-state index < -0.39 is 0 Å². The lowest BCUT2D eigenvalue weighted by Gasteiger charge is -2.24. The number of amides is 1. The molecule has 2 aliphatic heterocycles. The average Bonchev–Trinajstić information content (AvgIpc) is 3.31. The second-order valence-corrected chi connectivity index (χ2v) is 8.39. The molecule has 3 heterocycles. The Morgan fingerprint density at radius 3 is 2.79 bits per heavy atom. The summed E-state index contributed by atoms with van der Waals surface area (Å²) in [6.45, 7) is 1.99. The van der Waals surface area contributed by atoms with Crippen molar-refractivity contribution in [3.63, 3.8) is 0 Å². The molecule has 0 unspecified atom stereocenters. The first-order valence-electron chi connectivity index (χ1n) is 11.1. The van der Waals surface area contributed by atoms with Crippen molar-refractivity contribution in [2.45, 2.75) is 13.0 Å². The second kappa shape index (κ2) is 9.22. The molecular formula is C24H27N5O5. The summed E-state index contributed by atoms with van der Waals surface area (Å²) in [6.07, 6.45) is 2.19. The van der Waals surface area contributed by atoms with Crippen LogP contribution in [0.25, 0.3) is 10.9 Å². The number of likely N-dealkylation sites (N-methyl/N-ethyl adjacent to an activating group) is 2. The molecule has 0 atom stereocenters. The van der Waals surface area contributed by atoms with Crippen LogP contribution in [0.15, 0.2) is 30.6 Å². The van der Waals surface area contributed by atoms with Crippen LogP contribution in [0.1, 0.15) is 12.0 Å². The Labute approximate surface area is 197 Å². The van der Waals surface area contributed by atoms with Crippen LogP contribution in [0.3, 0.4) is 0 Å². The molecule has 0 saturated carbocycles. The number of fused-ring (bicyclic) bond motifs is 4. The number of carbonyl (C=O) groups excluding carboxylic acids is 1. The van der Waals surface area contributed by atoms with Gasteiger partial charge in [0.2, 0.25) is 12.7 Å². The van der Waals surface area contributed by atoms with Crippen LogP contribution in [0.5, 0.6) is 23.0 Å². The fraction of sp³-hybridized carbons (Fsp3) is 0.375. The Hall–Kier alpha value is -3.79. The predicted octanol–water partition coefficient (Wildman–Crippen LogP) is 2.78. The summed E-state index contributed by atoms with van der Waals surface area (Å²) in [6, 6.07) is 7.58. The lowest BCUT2D eigenvalue weighted by atomic mass is 10.1. The van der Waals surface area contributed by atoms with Crippen LogP contribution in [-0.4, -0.2) is 73.4 Å². The first-order chi connectivity index (χ1) is 16.5.